The number of nitrogens with one attached hydrogen (secondary N) is 1. The predicted molar refractivity (Wildman–Crippen MR) is 82.8 cm³/mol. The number of hydrogen-bond acceptors (Lipinski definition) is 1. The van der Waals surface area contributed by atoms with Crippen molar-refractivity contribution in [3.8, 4) is 0 Å². The van der Waals surface area contributed by atoms with Gasteiger partial charge in [-0.15, -0.1) is 0 Å². The van der Waals surface area contributed by atoms with Crippen molar-refractivity contribution in [1.29, 1.82) is 0 Å². The number of benzene rings is 1. The Kier molecular flexibility index (Phi) is 5.71. The summed E-state index contributed by atoms with van der Waals surface area (Å²) in [5.74, 6) is 0.683. The van der Waals surface area contributed by atoms with Crippen LogP contribution in [0.3, 0.4) is 0 Å². The summed E-state index contributed by atoms with van der Waals surface area (Å²) in [7, 11) is 0. The minimum Gasteiger partial charge on any atom is -0.353 e. The summed E-state index contributed by atoms with van der Waals surface area (Å²) in [6.07, 6.45) is 5.23. The van der Waals surface area contributed by atoms with Gasteiger partial charge in [-0.05, 0) is 36.5 Å². The molecule has 1 saturated carbocycles. The Balaban J connectivity index is 1.88. The highest BCUT2D eigenvalue weighted by Gasteiger charge is 2.25. The molecule has 0 aliphatic heterocycles. The molecule has 1 amide bonds. The molecule has 1 N–H and O–H groups in total. The minimum absolute atomic E-state index is 0.111. The zero-order valence-electron chi connectivity index (χ0n) is 10.9. The highest BCUT2D eigenvalue weighted by Crippen LogP contribution is 2.26. The third-order valence-corrected chi connectivity index (χ3v) is 4.82. The SMILES string of the molecule is O=C(Cc1ccc(Cl)cc1)NC1CCCCC1CBr. The molecule has 1 aliphatic carbocycles. The van der Waals surface area contributed by atoms with Crippen LogP contribution in [0.2, 0.25) is 5.02 Å². The minimum atomic E-state index is 0.111. The van der Waals surface area contributed by atoms with Crippen molar-refractivity contribution >= 4 is 33.4 Å². The number of carbonyl (C=O) groups excluding carboxylic acids is 1. The van der Waals surface area contributed by atoms with E-state index in [0.717, 1.165) is 17.3 Å². The van der Waals surface area contributed by atoms with Crippen molar-refractivity contribution in [2.24, 2.45) is 5.92 Å². The summed E-state index contributed by atoms with van der Waals surface area (Å²) in [5.41, 5.74) is 1.01. The van der Waals surface area contributed by atoms with E-state index in [0.29, 0.717) is 23.4 Å². The summed E-state index contributed by atoms with van der Waals surface area (Å²) in [4.78, 5) is 12.1. The first kappa shape index (κ1) is 14.9. The van der Waals surface area contributed by atoms with Crippen LogP contribution in [0, 0.1) is 5.92 Å². The van der Waals surface area contributed by atoms with Crippen molar-refractivity contribution in [2.45, 2.75) is 38.1 Å². The first-order chi connectivity index (χ1) is 9.19. The molecule has 0 bridgehead atoms. The van der Waals surface area contributed by atoms with Gasteiger partial charge in [-0.1, -0.05) is 52.5 Å². The van der Waals surface area contributed by atoms with E-state index in [1.54, 1.807) is 0 Å². The molecule has 1 fully saturated rings. The Morgan fingerprint density at radius 3 is 2.63 bits per heavy atom. The molecular formula is C15H19BrClNO. The lowest BCUT2D eigenvalue weighted by Gasteiger charge is -2.31. The van der Waals surface area contributed by atoms with Gasteiger partial charge in [-0.3, -0.25) is 4.79 Å². The zero-order valence-corrected chi connectivity index (χ0v) is 13.2. The normalized spacial score (nSPS) is 23.1. The molecule has 1 aromatic carbocycles. The first-order valence-corrected chi connectivity index (χ1v) is 8.29. The van der Waals surface area contributed by atoms with Crippen LogP contribution in [0.1, 0.15) is 31.2 Å². The third kappa shape index (κ3) is 4.50. The number of rotatable bonds is 4. The number of hydrogen-bond donors (Lipinski definition) is 1. The molecule has 19 heavy (non-hydrogen) atoms. The highest BCUT2D eigenvalue weighted by atomic mass is 79.9. The summed E-state index contributed by atoms with van der Waals surface area (Å²) < 4.78 is 0. The third-order valence-electron chi connectivity index (χ3n) is 3.73. The number of carbonyl (C=O) groups is 1. The van der Waals surface area contributed by atoms with E-state index in [1.165, 1.54) is 19.3 Å². The molecular weight excluding hydrogens is 326 g/mol. The molecule has 2 unspecified atom stereocenters. The second-order valence-corrected chi connectivity index (χ2v) is 6.26. The van der Waals surface area contributed by atoms with Crippen molar-refractivity contribution in [3.05, 3.63) is 34.9 Å². The fourth-order valence-corrected chi connectivity index (χ4v) is 3.53. The molecule has 1 aromatic rings. The fraction of sp³-hybridized carbons (Fsp3) is 0.533. The second kappa shape index (κ2) is 7.30. The van der Waals surface area contributed by atoms with Crippen molar-refractivity contribution in [1.82, 2.24) is 5.32 Å². The molecule has 2 atom stereocenters. The van der Waals surface area contributed by atoms with Crippen LogP contribution < -0.4 is 5.32 Å². The Morgan fingerprint density at radius 2 is 1.95 bits per heavy atom. The van der Waals surface area contributed by atoms with Gasteiger partial charge in [0.15, 0.2) is 0 Å². The molecule has 2 rings (SSSR count). The molecule has 1 aliphatic rings. The highest BCUT2D eigenvalue weighted by molar-refractivity contribution is 9.09. The lowest BCUT2D eigenvalue weighted by atomic mass is 9.86. The van der Waals surface area contributed by atoms with Gasteiger partial charge in [0.05, 0.1) is 6.42 Å². The quantitative estimate of drug-likeness (QED) is 0.823. The van der Waals surface area contributed by atoms with Crippen LogP contribution in [0.15, 0.2) is 24.3 Å². The van der Waals surface area contributed by atoms with E-state index in [4.69, 9.17) is 11.6 Å². The van der Waals surface area contributed by atoms with Crippen LogP contribution in [0.4, 0.5) is 0 Å². The van der Waals surface area contributed by atoms with Gasteiger partial charge in [-0.25, -0.2) is 0 Å². The second-order valence-electron chi connectivity index (χ2n) is 5.18. The molecule has 2 nitrogen and oxygen atoms in total. The number of alkyl halides is 1. The number of amides is 1. The summed E-state index contributed by atoms with van der Waals surface area (Å²) in [5, 5.41) is 4.86. The van der Waals surface area contributed by atoms with E-state index >= 15 is 0 Å². The molecule has 0 aromatic heterocycles. The Bertz CT molecular complexity index is 421. The molecule has 0 saturated heterocycles. The van der Waals surface area contributed by atoms with E-state index in [-0.39, 0.29) is 5.91 Å². The lowest BCUT2D eigenvalue weighted by Crippen LogP contribution is -2.43. The fourth-order valence-electron chi connectivity index (χ4n) is 2.63. The van der Waals surface area contributed by atoms with Crippen molar-refractivity contribution in [3.63, 3.8) is 0 Å². The van der Waals surface area contributed by atoms with Crippen molar-refractivity contribution < 1.29 is 4.79 Å². The van der Waals surface area contributed by atoms with Crippen LogP contribution >= 0.6 is 27.5 Å². The number of halogens is 2. The first-order valence-electron chi connectivity index (χ1n) is 6.79. The maximum absolute atomic E-state index is 12.1. The van der Waals surface area contributed by atoms with Crippen LogP contribution in [-0.4, -0.2) is 17.3 Å². The van der Waals surface area contributed by atoms with Gasteiger partial charge in [0.2, 0.25) is 5.91 Å². The summed E-state index contributed by atoms with van der Waals surface area (Å²) >= 11 is 9.39. The maximum Gasteiger partial charge on any atom is 0.224 e. The average molecular weight is 345 g/mol. The van der Waals surface area contributed by atoms with E-state index in [2.05, 4.69) is 21.2 Å². The van der Waals surface area contributed by atoms with Crippen LogP contribution in [0.25, 0.3) is 0 Å². The summed E-state index contributed by atoms with van der Waals surface area (Å²) in [6, 6.07) is 7.79. The molecule has 0 heterocycles. The smallest absolute Gasteiger partial charge is 0.224 e. The van der Waals surface area contributed by atoms with Crippen LogP contribution in [-0.2, 0) is 11.2 Å². The maximum atomic E-state index is 12.1. The van der Waals surface area contributed by atoms with E-state index < -0.39 is 0 Å². The molecule has 0 spiro atoms. The Morgan fingerprint density at radius 1 is 1.26 bits per heavy atom. The Hall–Kier alpha value is -0.540. The zero-order chi connectivity index (χ0) is 13.7. The largest absolute Gasteiger partial charge is 0.353 e. The topological polar surface area (TPSA) is 29.1 Å². The van der Waals surface area contributed by atoms with Gasteiger partial charge in [0, 0.05) is 16.4 Å². The van der Waals surface area contributed by atoms with E-state index in [1.807, 2.05) is 24.3 Å². The predicted octanol–water partition coefficient (Wildman–Crippen LogP) is 3.95. The van der Waals surface area contributed by atoms with Gasteiger partial charge in [-0.2, -0.15) is 0 Å². The van der Waals surface area contributed by atoms with Gasteiger partial charge in [0.25, 0.3) is 0 Å². The van der Waals surface area contributed by atoms with Gasteiger partial charge in [0.1, 0.15) is 0 Å². The van der Waals surface area contributed by atoms with Crippen LogP contribution in [0.5, 0.6) is 0 Å². The molecule has 4 heteroatoms. The molecule has 0 radical (unpaired) electrons. The lowest BCUT2D eigenvalue weighted by molar-refractivity contribution is -0.121. The van der Waals surface area contributed by atoms with Gasteiger partial charge < -0.3 is 5.32 Å². The van der Waals surface area contributed by atoms with Gasteiger partial charge >= 0.3 is 0 Å². The standard InChI is InChI=1S/C15H19BrClNO/c16-10-12-3-1-2-4-14(12)18-15(19)9-11-5-7-13(17)8-6-11/h5-8,12,14H,1-4,9-10H2,(H,18,19). The average Bonchev–Trinajstić information content (AvgIpc) is 2.42. The monoisotopic (exact) mass is 343 g/mol. The van der Waals surface area contributed by atoms with Crippen molar-refractivity contribution in [2.75, 3.05) is 5.33 Å². The van der Waals surface area contributed by atoms with E-state index in [9.17, 15) is 4.79 Å². The Labute approximate surface area is 128 Å². The molecule has 104 valence electrons. The summed E-state index contributed by atoms with van der Waals surface area (Å²) in [6.45, 7) is 0.